The molecule has 3 aromatic carbocycles. The molecule has 0 bridgehead atoms. The first kappa shape index (κ1) is 23.5. The van der Waals surface area contributed by atoms with Crippen molar-refractivity contribution in [2.45, 2.75) is 18.5 Å². The number of hydrogen-bond donors (Lipinski definition) is 2. The lowest BCUT2D eigenvalue weighted by molar-refractivity contribution is -0.119. The van der Waals surface area contributed by atoms with Crippen LogP contribution in [0.2, 0.25) is 5.02 Å². The van der Waals surface area contributed by atoms with Gasteiger partial charge in [0.1, 0.15) is 5.82 Å². The molecule has 0 unspecified atom stereocenters. The lowest BCUT2D eigenvalue weighted by Crippen LogP contribution is -2.42. The van der Waals surface area contributed by atoms with E-state index in [2.05, 4.69) is 21.0 Å². The molecule has 7 nitrogen and oxygen atoms in total. The summed E-state index contributed by atoms with van der Waals surface area (Å²) in [5, 5.41) is 9.86. The number of hydrogen-bond acceptors (Lipinski definition) is 5. The van der Waals surface area contributed by atoms with Crippen molar-refractivity contribution in [2.24, 2.45) is 0 Å². The molecule has 34 heavy (non-hydrogen) atoms. The van der Waals surface area contributed by atoms with Crippen molar-refractivity contribution in [1.29, 1.82) is 0 Å². The van der Waals surface area contributed by atoms with Gasteiger partial charge in [0.15, 0.2) is 5.16 Å². The molecular weight excluding hydrogens is 470 g/mol. The fraction of sp³-hybridized carbons (Fsp3) is 0.120. The predicted octanol–water partition coefficient (Wildman–Crippen LogP) is 4.37. The number of nitrogens with zero attached hydrogens (tertiary/aromatic N) is 3. The normalized spacial score (nSPS) is 10.6. The van der Waals surface area contributed by atoms with Crippen LogP contribution in [-0.4, -0.2) is 32.3 Å². The lowest BCUT2D eigenvalue weighted by atomic mass is 10.1. The van der Waals surface area contributed by atoms with E-state index in [1.807, 2.05) is 66.1 Å². The summed E-state index contributed by atoms with van der Waals surface area (Å²) >= 11 is 7.29. The molecule has 0 radical (unpaired) electrons. The molecule has 2 amide bonds. The zero-order chi connectivity index (χ0) is 23.9. The van der Waals surface area contributed by atoms with Crippen LogP contribution in [-0.2, 0) is 11.2 Å². The third kappa shape index (κ3) is 6.03. The van der Waals surface area contributed by atoms with Crippen LogP contribution in [0, 0.1) is 6.92 Å². The molecule has 0 saturated heterocycles. The summed E-state index contributed by atoms with van der Waals surface area (Å²) in [6, 6.07) is 24.4. The number of thioether (sulfide) groups is 1. The molecule has 1 aromatic heterocycles. The van der Waals surface area contributed by atoms with E-state index in [1.54, 1.807) is 24.3 Å². The summed E-state index contributed by atoms with van der Waals surface area (Å²) in [5.74, 6) is 0.0447. The van der Waals surface area contributed by atoms with Gasteiger partial charge in [0.05, 0.1) is 5.75 Å². The molecule has 0 aliphatic carbocycles. The Labute approximate surface area is 206 Å². The minimum atomic E-state index is -0.382. The molecule has 0 saturated carbocycles. The Hall–Kier alpha value is -3.62. The highest BCUT2D eigenvalue weighted by atomic mass is 35.5. The van der Waals surface area contributed by atoms with E-state index >= 15 is 0 Å². The molecule has 0 fully saturated rings. The van der Waals surface area contributed by atoms with Gasteiger partial charge in [0, 0.05) is 22.7 Å². The second-order valence-electron chi connectivity index (χ2n) is 7.53. The molecule has 4 rings (SSSR count). The van der Waals surface area contributed by atoms with Crippen molar-refractivity contribution >= 4 is 35.2 Å². The molecule has 1 heterocycles. The molecule has 0 spiro atoms. The SMILES string of the molecule is Cc1ccc(C(=O)NNC(=O)CSc2nnc(Cc3ccccc3)n2-c2ccc(Cl)cc2)cc1. The minimum Gasteiger partial charge on any atom is -0.274 e. The first-order chi connectivity index (χ1) is 16.5. The Balaban J connectivity index is 1.44. The van der Waals surface area contributed by atoms with Gasteiger partial charge in [-0.2, -0.15) is 0 Å². The summed E-state index contributed by atoms with van der Waals surface area (Å²) in [6.45, 7) is 1.94. The van der Waals surface area contributed by atoms with Crippen molar-refractivity contribution in [3.8, 4) is 5.69 Å². The van der Waals surface area contributed by atoms with E-state index in [-0.39, 0.29) is 17.6 Å². The zero-order valence-electron chi connectivity index (χ0n) is 18.4. The highest BCUT2D eigenvalue weighted by Crippen LogP contribution is 2.24. The van der Waals surface area contributed by atoms with E-state index < -0.39 is 0 Å². The molecule has 172 valence electrons. The van der Waals surface area contributed by atoms with Gasteiger partial charge in [-0.3, -0.25) is 25.0 Å². The van der Waals surface area contributed by atoms with E-state index in [4.69, 9.17) is 11.6 Å². The number of carbonyl (C=O) groups is 2. The molecular formula is C25H22ClN5O2S. The van der Waals surface area contributed by atoms with Crippen LogP contribution in [0.3, 0.4) is 0 Å². The van der Waals surface area contributed by atoms with Gasteiger partial charge in [-0.15, -0.1) is 10.2 Å². The van der Waals surface area contributed by atoms with Gasteiger partial charge in [0.25, 0.3) is 5.91 Å². The third-order valence-corrected chi connectivity index (χ3v) is 6.13. The number of hydrazine groups is 1. The number of benzene rings is 3. The van der Waals surface area contributed by atoms with Gasteiger partial charge in [-0.05, 0) is 48.9 Å². The van der Waals surface area contributed by atoms with Crippen molar-refractivity contribution in [3.05, 3.63) is 106 Å². The third-order valence-electron chi connectivity index (χ3n) is 4.95. The highest BCUT2D eigenvalue weighted by molar-refractivity contribution is 7.99. The predicted molar refractivity (Wildman–Crippen MR) is 133 cm³/mol. The number of halogens is 1. The van der Waals surface area contributed by atoms with Gasteiger partial charge in [-0.1, -0.05) is 71.4 Å². The summed E-state index contributed by atoms with van der Waals surface area (Å²) < 4.78 is 1.91. The van der Waals surface area contributed by atoms with E-state index in [9.17, 15) is 9.59 Å². The number of aromatic nitrogens is 3. The van der Waals surface area contributed by atoms with Crippen molar-refractivity contribution in [3.63, 3.8) is 0 Å². The lowest BCUT2D eigenvalue weighted by Gasteiger charge is -2.11. The molecule has 0 aliphatic rings. The maximum atomic E-state index is 12.4. The van der Waals surface area contributed by atoms with Crippen LogP contribution >= 0.6 is 23.4 Å². The maximum Gasteiger partial charge on any atom is 0.269 e. The molecule has 0 aliphatic heterocycles. The quantitative estimate of drug-likeness (QED) is 0.296. The summed E-state index contributed by atoms with van der Waals surface area (Å²) in [6.07, 6.45) is 0.579. The smallest absolute Gasteiger partial charge is 0.269 e. The summed E-state index contributed by atoms with van der Waals surface area (Å²) in [5.41, 5.74) is 8.33. The largest absolute Gasteiger partial charge is 0.274 e. The Morgan fingerprint density at radius 2 is 1.62 bits per heavy atom. The fourth-order valence-corrected chi connectivity index (χ4v) is 4.10. The van der Waals surface area contributed by atoms with E-state index in [0.29, 0.717) is 22.2 Å². The Bertz CT molecular complexity index is 1280. The topological polar surface area (TPSA) is 88.9 Å². The molecule has 9 heteroatoms. The standard InChI is InChI=1S/C25H22ClN5O2S/c1-17-7-9-19(10-8-17)24(33)29-28-23(32)16-34-25-30-27-22(15-18-5-3-2-4-6-18)31(25)21-13-11-20(26)12-14-21/h2-14H,15-16H2,1H3,(H,28,32)(H,29,33). The van der Waals surface area contributed by atoms with E-state index in [1.165, 1.54) is 11.8 Å². The van der Waals surface area contributed by atoms with Gasteiger partial charge in [0.2, 0.25) is 5.91 Å². The number of carbonyl (C=O) groups excluding carboxylic acids is 2. The van der Waals surface area contributed by atoms with Crippen LogP contribution < -0.4 is 10.9 Å². The van der Waals surface area contributed by atoms with Crippen molar-refractivity contribution in [1.82, 2.24) is 25.6 Å². The Morgan fingerprint density at radius 1 is 0.912 bits per heavy atom. The van der Waals surface area contributed by atoms with Crippen molar-refractivity contribution < 1.29 is 9.59 Å². The average Bonchev–Trinajstić information content (AvgIpc) is 3.25. The first-order valence-electron chi connectivity index (χ1n) is 10.5. The zero-order valence-corrected chi connectivity index (χ0v) is 19.9. The van der Waals surface area contributed by atoms with Gasteiger partial charge >= 0.3 is 0 Å². The maximum absolute atomic E-state index is 12.4. The Morgan fingerprint density at radius 3 is 2.32 bits per heavy atom. The monoisotopic (exact) mass is 491 g/mol. The van der Waals surface area contributed by atoms with Crippen LogP contribution in [0.5, 0.6) is 0 Å². The summed E-state index contributed by atoms with van der Waals surface area (Å²) in [4.78, 5) is 24.6. The summed E-state index contributed by atoms with van der Waals surface area (Å²) in [7, 11) is 0. The van der Waals surface area contributed by atoms with E-state index in [0.717, 1.165) is 22.6 Å². The van der Waals surface area contributed by atoms with Gasteiger partial charge < -0.3 is 0 Å². The highest BCUT2D eigenvalue weighted by Gasteiger charge is 2.17. The second-order valence-corrected chi connectivity index (χ2v) is 8.91. The number of rotatable bonds is 7. The van der Waals surface area contributed by atoms with Crippen LogP contribution in [0.15, 0.2) is 84.0 Å². The number of aryl methyl sites for hydroxylation is 1. The molecule has 4 aromatic rings. The first-order valence-corrected chi connectivity index (χ1v) is 11.9. The second kappa shape index (κ2) is 11.0. The van der Waals surface area contributed by atoms with Gasteiger partial charge in [-0.25, -0.2) is 0 Å². The minimum absolute atomic E-state index is 0.0469. The van der Waals surface area contributed by atoms with Crippen LogP contribution in [0.25, 0.3) is 5.69 Å². The molecule has 2 N–H and O–H groups in total. The Kier molecular flexibility index (Phi) is 7.61. The number of amides is 2. The van der Waals surface area contributed by atoms with Crippen LogP contribution in [0.1, 0.15) is 27.3 Å². The average molecular weight is 492 g/mol. The number of nitrogens with one attached hydrogen (secondary N) is 2. The van der Waals surface area contributed by atoms with Crippen molar-refractivity contribution in [2.75, 3.05) is 5.75 Å². The fourth-order valence-electron chi connectivity index (χ4n) is 3.21. The van der Waals surface area contributed by atoms with Crippen LogP contribution in [0.4, 0.5) is 0 Å². The molecule has 0 atom stereocenters.